The molecule has 3 rings (SSSR count). The van der Waals surface area contributed by atoms with Gasteiger partial charge in [-0.25, -0.2) is 0 Å². The third-order valence-corrected chi connectivity index (χ3v) is 5.88. The maximum absolute atomic E-state index is 13.5. The van der Waals surface area contributed by atoms with Gasteiger partial charge >= 0.3 is 0 Å². The van der Waals surface area contributed by atoms with E-state index in [9.17, 15) is 9.59 Å². The van der Waals surface area contributed by atoms with Gasteiger partial charge in [-0.05, 0) is 41.8 Å². The smallest absolute Gasteiger partial charge is 0.261 e. The van der Waals surface area contributed by atoms with Gasteiger partial charge in [-0.15, -0.1) is 0 Å². The van der Waals surface area contributed by atoms with Gasteiger partial charge in [-0.2, -0.15) is 0 Å². The number of rotatable bonds is 11. The summed E-state index contributed by atoms with van der Waals surface area (Å²) in [5, 5.41) is 3.99. The minimum atomic E-state index is -0.735. The number of carbonyl (C=O) groups excluding carboxylic acids is 2. The summed E-state index contributed by atoms with van der Waals surface area (Å²) in [7, 11) is 0. The van der Waals surface area contributed by atoms with Crippen LogP contribution in [-0.2, 0) is 22.6 Å². The van der Waals surface area contributed by atoms with Crippen LogP contribution in [0.25, 0.3) is 0 Å². The van der Waals surface area contributed by atoms with Crippen molar-refractivity contribution in [3.05, 3.63) is 100 Å². The first-order valence-corrected chi connectivity index (χ1v) is 12.0. The molecule has 0 aliphatic rings. The number of nitrogens with one attached hydrogen (secondary N) is 1. The van der Waals surface area contributed by atoms with Crippen LogP contribution in [0.4, 0.5) is 0 Å². The molecule has 3 aromatic carbocycles. The Morgan fingerprint density at radius 2 is 1.71 bits per heavy atom. The lowest BCUT2D eigenvalue weighted by molar-refractivity contribution is -0.142. The molecule has 1 N–H and O–H groups in total. The van der Waals surface area contributed by atoms with Crippen molar-refractivity contribution in [3.8, 4) is 5.75 Å². The number of carbonyl (C=O) groups is 2. The van der Waals surface area contributed by atoms with E-state index in [-0.39, 0.29) is 25.0 Å². The highest BCUT2D eigenvalue weighted by Gasteiger charge is 2.31. The Hall–Kier alpha value is -3.02. The van der Waals surface area contributed by atoms with Crippen LogP contribution in [0.1, 0.15) is 24.5 Å². The van der Waals surface area contributed by atoms with E-state index >= 15 is 0 Å². The Balaban J connectivity index is 1.90. The summed E-state index contributed by atoms with van der Waals surface area (Å²) in [5.74, 6) is -0.0603. The van der Waals surface area contributed by atoms with Gasteiger partial charge in [0.2, 0.25) is 5.91 Å². The highest BCUT2D eigenvalue weighted by Crippen LogP contribution is 2.21. The second-order valence-electron chi connectivity index (χ2n) is 7.86. The lowest BCUT2D eigenvalue weighted by atomic mass is 10.0. The summed E-state index contributed by atoms with van der Waals surface area (Å²) in [6.07, 6.45) is 1.16. The van der Waals surface area contributed by atoms with Crippen LogP contribution >= 0.6 is 23.2 Å². The number of ether oxygens (including phenoxy) is 1. The molecule has 0 unspecified atom stereocenters. The molecule has 3 aromatic rings. The summed E-state index contributed by atoms with van der Waals surface area (Å²) in [4.78, 5) is 28.3. The van der Waals surface area contributed by atoms with Gasteiger partial charge in [0.25, 0.3) is 5.91 Å². The minimum absolute atomic E-state index is 0.175. The molecule has 0 saturated carbocycles. The zero-order chi connectivity index (χ0) is 24.3. The SMILES string of the molecule is CCCNC(=O)[C@H](Cc1ccccc1)N(Cc1ccccc1Cl)C(=O)COc1cccc(Cl)c1. The first-order valence-electron chi connectivity index (χ1n) is 11.2. The van der Waals surface area contributed by atoms with E-state index in [1.807, 2.05) is 55.5 Å². The van der Waals surface area contributed by atoms with E-state index in [0.29, 0.717) is 28.8 Å². The fourth-order valence-electron chi connectivity index (χ4n) is 3.51. The summed E-state index contributed by atoms with van der Waals surface area (Å²) in [6.45, 7) is 2.45. The summed E-state index contributed by atoms with van der Waals surface area (Å²) >= 11 is 12.4. The number of benzene rings is 3. The zero-order valence-corrected chi connectivity index (χ0v) is 20.6. The van der Waals surface area contributed by atoms with Crippen molar-refractivity contribution in [2.24, 2.45) is 0 Å². The van der Waals surface area contributed by atoms with Crippen LogP contribution in [-0.4, -0.2) is 35.9 Å². The molecule has 0 aliphatic heterocycles. The van der Waals surface area contributed by atoms with Crippen LogP contribution in [0.15, 0.2) is 78.9 Å². The van der Waals surface area contributed by atoms with Gasteiger partial charge in [0, 0.05) is 29.6 Å². The Morgan fingerprint density at radius 3 is 2.41 bits per heavy atom. The molecule has 0 aromatic heterocycles. The minimum Gasteiger partial charge on any atom is -0.484 e. The zero-order valence-electron chi connectivity index (χ0n) is 19.0. The standard InChI is InChI=1S/C27H28Cl2N2O3/c1-2-15-30-27(33)25(16-20-9-4-3-5-10-20)31(18-21-11-6-7-14-24(21)29)26(32)19-34-23-13-8-12-22(28)17-23/h3-14,17,25H,2,15-16,18-19H2,1H3,(H,30,33)/t25-/m0/s1. The number of hydrogen-bond acceptors (Lipinski definition) is 3. The van der Waals surface area contributed by atoms with Crippen LogP contribution in [0, 0.1) is 0 Å². The molecule has 2 amide bonds. The van der Waals surface area contributed by atoms with Crippen molar-refractivity contribution in [2.75, 3.05) is 13.2 Å². The van der Waals surface area contributed by atoms with Crippen LogP contribution in [0.3, 0.4) is 0 Å². The molecule has 0 fully saturated rings. The predicted molar refractivity (Wildman–Crippen MR) is 136 cm³/mol. The van der Waals surface area contributed by atoms with E-state index in [1.165, 1.54) is 0 Å². The van der Waals surface area contributed by atoms with Gasteiger partial charge in [0.05, 0.1) is 0 Å². The summed E-state index contributed by atoms with van der Waals surface area (Å²) in [6, 6.07) is 23.1. The molecule has 0 heterocycles. The largest absolute Gasteiger partial charge is 0.484 e. The fraction of sp³-hybridized carbons (Fsp3) is 0.259. The Morgan fingerprint density at radius 1 is 0.971 bits per heavy atom. The monoisotopic (exact) mass is 498 g/mol. The highest BCUT2D eigenvalue weighted by atomic mass is 35.5. The van der Waals surface area contributed by atoms with E-state index in [0.717, 1.165) is 17.5 Å². The molecule has 34 heavy (non-hydrogen) atoms. The maximum atomic E-state index is 13.5. The molecule has 5 nitrogen and oxygen atoms in total. The van der Waals surface area contributed by atoms with Crippen molar-refractivity contribution < 1.29 is 14.3 Å². The van der Waals surface area contributed by atoms with Crippen LogP contribution in [0.2, 0.25) is 10.0 Å². The van der Waals surface area contributed by atoms with E-state index < -0.39 is 6.04 Å². The molecular weight excluding hydrogens is 471 g/mol. The Bertz CT molecular complexity index is 1090. The van der Waals surface area contributed by atoms with E-state index in [1.54, 1.807) is 35.2 Å². The topological polar surface area (TPSA) is 58.6 Å². The van der Waals surface area contributed by atoms with Crippen molar-refractivity contribution >= 4 is 35.0 Å². The van der Waals surface area contributed by atoms with E-state index in [4.69, 9.17) is 27.9 Å². The predicted octanol–water partition coefficient (Wildman–Crippen LogP) is 5.54. The molecule has 0 bridgehead atoms. The molecule has 7 heteroatoms. The molecule has 0 spiro atoms. The van der Waals surface area contributed by atoms with Crippen molar-refractivity contribution in [1.82, 2.24) is 10.2 Å². The van der Waals surface area contributed by atoms with Crippen molar-refractivity contribution in [3.63, 3.8) is 0 Å². The van der Waals surface area contributed by atoms with Crippen LogP contribution < -0.4 is 10.1 Å². The third-order valence-electron chi connectivity index (χ3n) is 5.28. The average molecular weight is 499 g/mol. The quantitative estimate of drug-likeness (QED) is 0.377. The van der Waals surface area contributed by atoms with Gasteiger partial charge in [0.1, 0.15) is 11.8 Å². The number of amides is 2. The lowest BCUT2D eigenvalue weighted by Crippen LogP contribution is -2.51. The molecule has 1 atom stereocenters. The molecule has 178 valence electrons. The molecule has 0 saturated heterocycles. The fourth-order valence-corrected chi connectivity index (χ4v) is 3.89. The first kappa shape index (κ1) is 25.6. The second-order valence-corrected chi connectivity index (χ2v) is 8.70. The summed E-state index contributed by atoms with van der Waals surface area (Å²) < 4.78 is 5.72. The maximum Gasteiger partial charge on any atom is 0.261 e. The molecule has 0 aliphatic carbocycles. The Labute approximate surface area is 210 Å². The number of halogens is 2. The first-order chi connectivity index (χ1) is 16.5. The van der Waals surface area contributed by atoms with Gasteiger partial charge in [-0.1, -0.05) is 84.7 Å². The summed E-state index contributed by atoms with van der Waals surface area (Å²) in [5.41, 5.74) is 1.70. The molecular formula is C27H28Cl2N2O3. The normalized spacial score (nSPS) is 11.5. The average Bonchev–Trinajstić information content (AvgIpc) is 2.85. The van der Waals surface area contributed by atoms with Gasteiger partial charge < -0.3 is 15.0 Å². The van der Waals surface area contributed by atoms with E-state index in [2.05, 4.69) is 5.32 Å². The molecule has 0 radical (unpaired) electrons. The third kappa shape index (κ3) is 7.51. The van der Waals surface area contributed by atoms with Gasteiger partial charge in [-0.3, -0.25) is 9.59 Å². The number of hydrogen-bond donors (Lipinski definition) is 1. The van der Waals surface area contributed by atoms with Crippen LogP contribution in [0.5, 0.6) is 5.75 Å². The second kappa shape index (κ2) is 13.0. The lowest BCUT2D eigenvalue weighted by Gasteiger charge is -2.31. The highest BCUT2D eigenvalue weighted by molar-refractivity contribution is 6.31. The van der Waals surface area contributed by atoms with Gasteiger partial charge in [0.15, 0.2) is 6.61 Å². The Kier molecular flexibility index (Phi) is 9.80. The number of nitrogens with zero attached hydrogens (tertiary/aromatic N) is 1. The van der Waals surface area contributed by atoms with Crippen molar-refractivity contribution in [1.29, 1.82) is 0 Å². The van der Waals surface area contributed by atoms with Crippen molar-refractivity contribution in [2.45, 2.75) is 32.4 Å².